The van der Waals surface area contributed by atoms with Crippen LogP contribution in [0.4, 0.5) is 0 Å². The fraction of sp³-hybridized carbons (Fsp3) is 0.444. The largest absolute Gasteiger partial charge is 0.300 e. The van der Waals surface area contributed by atoms with Gasteiger partial charge in [-0.1, -0.05) is 24.3 Å². The Morgan fingerprint density at radius 3 is 2.33 bits per heavy atom. The molecule has 0 bridgehead atoms. The Morgan fingerprint density at radius 2 is 1.79 bits per heavy atom. The van der Waals surface area contributed by atoms with Gasteiger partial charge in [0, 0.05) is 36.8 Å². The quantitative estimate of drug-likeness (QED) is 0.780. The molecule has 0 radical (unpaired) electrons. The lowest BCUT2D eigenvalue weighted by Crippen LogP contribution is -2.28. The summed E-state index contributed by atoms with van der Waals surface area (Å²) < 4.78 is 22.8. The number of benzene rings is 1. The van der Waals surface area contributed by atoms with Crippen molar-refractivity contribution in [1.29, 1.82) is 0 Å². The van der Waals surface area contributed by atoms with Crippen LogP contribution < -0.4 is 0 Å². The number of rotatable bonds is 5. The fourth-order valence-corrected chi connectivity index (χ4v) is 3.61. The summed E-state index contributed by atoms with van der Waals surface area (Å²) in [4.78, 5) is 10.4. The summed E-state index contributed by atoms with van der Waals surface area (Å²) in [6.07, 6.45) is 7.90. The summed E-state index contributed by atoms with van der Waals surface area (Å²) in [6, 6.07) is 9.04. The van der Waals surface area contributed by atoms with Crippen LogP contribution in [0.3, 0.4) is 0 Å². The van der Waals surface area contributed by atoms with E-state index in [2.05, 4.69) is 33.9 Å². The molecule has 128 valence electrons. The van der Waals surface area contributed by atoms with E-state index in [1.165, 1.54) is 24.9 Å². The fourth-order valence-electron chi connectivity index (χ4n) is 3.12. The molecule has 3 rings (SSSR count). The third-order valence-electron chi connectivity index (χ3n) is 4.63. The molecule has 1 atom stereocenters. The zero-order chi connectivity index (χ0) is 17.2. The number of hydrogen-bond acceptors (Lipinski definition) is 5. The number of hydrogen-bond donors (Lipinski definition) is 0. The van der Waals surface area contributed by atoms with Crippen LogP contribution in [0, 0.1) is 0 Å². The van der Waals surface area contributed by atoms with E-state index in [4.69, 9.17) is 0 Å². The summed E-state index contributed by atoms with van der Waals surface area (Å²) in [5, 5.41) is -0.136. The van der Waals surface area contributed by atoms with E-state index >= 15 is 0 Å². The topological polar surface area (TPSA) is 63.2 Å². The molecular weight excluding hydrogens is 322 g/mol. The lowest BCUT2D eigenvalue weighted by molar-refractivity contribution is 0.272. The minimum atomic E-state index is -3.36. The van der Waals surface area contributed by atoms with Crippen molar-refractivity contribution in [2.24, 2.45) is 0 Å². The highest BCUT2D eigenvalue weighted by molar-refractivity contribution is 7.90. The Hall–Kier alpha value is -1.79. The maximum absolute atomic E-state index is 11.4. The van der Waals surface area contributed by atoms with Gasteiger partial charge in [0.1, 0.15) is 0 Å². The standard InChI is InChI=1S/C18H23N3O2S/c1-14-4-3-10-21(14)11-9-15-5-7-16(8-6-15)17-12-19-18(20-13-17)24(2,22)23/h5-8,12-14H,3-4,9-11H2,1-2H3/t14-/m1/s1. The number of likely N-dealkylation sites (tertiary alicyclic amines) is 1. The molecule has 1 fully saturated rings. The molecule has 0 saturated carbocycles. The molecule has 0 unspecified atom stereocenters. The lowest BCUT2D eigenvalue weighted by Gasteiger charge is -2.20. The van der Waals surface area contributed by atoms with Crippen molar-refractivity contribution in [2.45, 2.75) is 37.4 Å². The molecule has 0 N–H and O–H groups in total. The maximum atomic E-state index is 11.4. The summed E-state index contributed by atoms with van der Waals surface area (Å²) in [5.41, 5.74) is 3.13. The maximum Gasteiger partial charge on any atom is 0.246 e. The van der Waals surface area contributed by atoms with E-state index in [1.807, 2.05) is 12.1 Å². The van der Waals surface area contributed by atoms with Crippen LogP contribution in [-0.4, -0.2) is 48.7 Å². The van der Waals surface area contributed by atoms with Crippen LogP contribution in [0.15, 0.2) is 41.8 Å². The zero-order valence-corrected chi connectivity index (χ0v) is 15.0. The summed E-state index contributed by atoms with van der Waals surface area (Å²) in [6.45, 7) is 4.62. The second kappa shape index (κ2) is 6.99. The highest BCUT2D eigenvalue weighted by Crippen LogP contribution is 2.20. The van der Waals surface area contributed by atoms with E-state index in [1.54, 1.807) is 12.4 Å². The Bertz CT molecular complexity index is 786. The predicted molar refractivity (Wildman–Crippen MR) is 94.6 cm³/mol. The van der Waals surface area contributed by atoms with Gasteiger partial charge in [0.25, 0.3) is 0 Å². The van der Waals surface area contributed by atoms with Gasteiger partial charge in [-0.05, 0) is 43.9 Å². The van der Waals surface area contributed by atoms with Gasteiger partial charge in [0.05, 0.1) is 0 Å². The van der Waals surface area contributed by atoms with E-state index in [9.17, 15) is 8.42 Å². The molecule has 1 aromatic heterocycles. The van der Waals surface area contributed by atoms with E-state index < -0.39 is 9.84 Å². The molecule has 1 saturated heterocycles. The molecule has 1 aromatic carbocycles. The van der Waals surface area contributed by atoms with Gasteiger partial charge in [-0.15, -0.1) is 0 Å². The smallest absolute Gasteiger partial charge is 0.246 e. The highest BCUT2D eigenvalue weighted by Gasteiger charge is 2.19. The normalized spacial score (nSPS) is 18.8. The Labute approximate surface area is 143 Å². The number of aromatic nitrogens is 2. The molecular formula is C18H23N3O2S. The van der Waals surface area contributed by atoms with Gasteiger partial charge in [0.2, 0.25) is 15.0 Å². The van der Waals surface area contributed by atoms with Gasteiger partial charge in [-0.3, -0.25) is 0 Å². The third kappa shape index (κ3) is 3.99. The Balaban J connectivity index is 1.65. The van der Waals surface area contributed by atoms with Gasteiger partial charge >= 0.3 is 0 Å². The number of nitrogens with zero attached hydrogens (tertiary/aromatic N) is 3. The van der Waals surface area contributed by atoms with Crippen molar-refractivity contribution in [2.75, 3.05) is 19.3 Å². The second-order valence-electron chi connectivity index (χ2n) is 6.50. The molecule has 2 heterocycles. The van der Waals surface area contributed by atoms with Crippen molar-refractivity contribution in [3.05, 3.63) is 42.2 Å². The first-order valence-corrected chi connectivity index (χ1v) is 10.2. The van der Waals surface area contributed by atoms with Gasteiger partial charge < -0.3 is 4.90 Å². The van der Waals surface area contributed by atoms with Crippen LogP contribution in [-0.2, 0) is 16.3 Å². The van der Waals surface area contributed by atoms with E-state index in [-0.39, 0.29) is 5.16 Å². The first kappa shape index (κ1) is 17.0. The molecule has 1 aliphatic heterocycles. The SMILES string of the molecule is C[C@@H]1CCCN1CCc1ccc(-c2cnc(S(C)(=O)=O)nc2)cc1. The minimum Gasteiger partial charge on any atom is -0.300 e. The molecule has 1 aliphatic rings. The molecule has 6 heteroatoms. The molecule has 0 spiro atoms. The van der Waals surface area contributed by atoms with Crippen molar-refractivity contribution >= 4 is 9.84 Å². The van der Waals surface area contributed by atoms with Crippen LogP contribution in [0.5, 0.6) is 0 Å². The monoisotopic (exact) mass is 345 g/mol. The average molecular weight is 345 g/mol. The van der Waals surface area contributed by atoms with Crippen LogP contribution in [0.25, 0.3) is 11.1 Å². The van der Waals surface area contributed by atoms with Crippen LogP contribution >= 0.6 is 0 Å². The minimum absolute atomic E-state index is 0.136. The summed E-state index contributed by atoms with van der Waals surface area (Å²) >= 11 is 0. The summed E-state index contributed by atoms with van der Waals surface area (Å²) in [5.74, 6) is 0. The van der Waals surface area contributed by atoms with Crippen molar-refractivity contribution in [3.8, 4) is 11.1 Å². The van der Waals surface area contributed by atoms with Crippen molar-refractivity contribution in [3.63, 3.8) is 0 Å². The number of sulfone groups is 1. The van der Waals surface area contributed by atoms with Crippen LogP contribution in [0.2, 0.25) is 0 Å². The van der Waals surface area contributed by atoms with Crippen molar-refractivity contribution < 1.29 is 8.42 Å². The average Bonchev–Trinajstić information content (AvgIpc) is 2.98. The van der Waals surface area contributed by atoms with Gasteiger partial charge in [-0.2, -0.15) is 0 Å². The first-order valence-electron chi connectivity index (χ1n) is 8.29. The molecule has 0 amide bonds. The van der Waals surface area contributed by atoms with E-state index in [0.717, 1.165) is 30.3 Å². The highest BCUT2D eigenvalue weighted by atomic mass is 32.2. The predicted octanol–water partition coefficient (Wildman–Crippen LogP) is 2.57. The Kier molecular flexibility index (Phi) is 4.96. The zero-order valence-electron chi connectivity index (χ0n) is 14.1. The van der Waals surface area contributed by atoms with Crippen molar-refractivity contribution in [1.82, 2.24) is 14.9 Å². The van der Waals surface area contributed by atoms with Gasteiger partial charge in [-0.25, -0.2) is 18.4 Å². The van der Waals surface area contributed by atoms with Gasteiger partial charge in [0.15, 0.2) is 0 Å². The van der Waals surface area contributed by atoms with Crippen LogP contribution in [0.1, 0.15) is 25.3 Å². The Morgan fingerprint density at radius 1 is 1.12 bits per heavy atom. The summed E-state index contributed by atoms with van der Waals surface area (Å²) in [7, 11) is -3.36. The molecule has 5 nitrogen and oxygen atoms in total. The van der Waals surface area contributed by atoms with E-state index in [0.29, 0.717) is 6.04 Å². The lowest BCUT2D eigenvalue weighted by atomic mass is 10.1. The first-order chi connectivity index (χ1) is 11.4. The second-order valence-corrected chi connectivity index (χ2v) is 8.41. The molecule has 24 heavy (non-hydrogen) atoms. The molecule has 2 aromatic rings. The third-order valence-corrected chi connectivity index (χ3v) is 5.50. The molecule has 0 aliphatic carbocycles.